The number of methoxy groups -OCH3 is 1. The van der Waals surface area contributed by atoms with Crippen LogP contribution in [0.3, 0.4) is 0 Å². The number of guanidine groups is 1. The van der Waals surface area contributed by atoms with E-state index in [0.717, 1.165) is 35.3 Å². The van der Waals surface area contributed by atoms with Crippen LogP contribution in [0.15, 0.2) is 47.5 Å². The summed E-state index contributed by atoms with van der Waals surface area (Å²) in [5.41, 5.74) is 8.10. The zero-order chi connectivity index (χ0) is 20.6. The number of aliphatic imine (C=N–C) groups is 1. The van der Waals surface area contributed by atoms with Gasteiger partial charge in [-0.25, -0.2) is 14.9 Å². The van der Waals surface area contributed by atoms with Gasteiger partial charge in [-0.15, -0.1) is 0 Å². The minimum atomic E-state index is -0.887. The number of hydrogen-bond donors (Lipinski definition) is 1. The molecule has 154 valence electrons. The number of fused-ring (bicyclic) bond motifs is 2. The highest BCUT2D eigenvalue weighted by atomic mass is 35.5. The van der Waals surface area contributed by atoms with Gasteiger partial charge >= 0.3 is 0 Å². The maximum Gasteiger partial charge on any atom is 0.221 e. The molecule has 0 saturated carbocycles. The second-order valence-corrected chi connectivity index (χ2v) is 8.07. The molecule has 29 heavy (non-hydrogen) atoms. The molecule has 3 atom stereocenters. The van der Waals surface area contributed by atoms with Gasteiger partial charge in [-0.05, 0) is 55.2 Å². The summed E-state index contributed by atoms with van der Waals surface area (Å²) < 4.78 is 11.7. The van der Waals surface area contributed by atoms with Crippen molar-refractivity contribution in [3.05, 3.63) is 53.1 Å². The van der Waals surface area contributed by atoms with Crippen molar-refractivity contribution < 1.29 is 14.3 Å². The normalized spacial score (nSPS) is 24.2. The fourth-order valence-corrected chi connectivity index (χ4v) is 4.06. The quantitative estimate of drug-likeness (QED) is 0.787. The minimum absolute atomic E-state index is 0.0415. The van der Waals surface area contributed by atoms with Gasteiger partial charge in [0.2, 0.25) is 11.7 Å². The summed E-state index contributed by atoms with van der Waals surface area (Å²) in [4.78, 5) is 10.9. The molecule has 0 saturated heterocycles. The fourth-order valence-electron chi connectivity index (χ4n) is 3.87. The summed E-state index contributed by atoms with van der Waals surface area (Å²) in [7, 11) is 3.49. The first kappa shape index (κ1) is 20.0. The summed E-state index contributed by atoms with van der Waals surface area (Å²) in [5.74, 6) is 1.12. The van der Waals surface area contributed by atoms with Crippen LogP contribution in [-0.4, -0.2) is 37.4 Å². The van der Waals surface area contributed by atoms with Crippen LogP contribution in [-0.2, 0) is 15.3 Å². The molecule has 2 aliphatic rings. The summed E-state index contributed by atoms with van der Waals surface area (Å²) >= 11 is 6.18. The van der Waals surface area contributed by atoms with E-state index in [-0.39, 0.29) is 12.2 Å². The molecule has 0 bridgehead atoms. The Morgan fingerprint density at radius 2 is 2.10 bits per heavy atom. The lowest BCUT2D eigenvalue weighted by atomic mass is 9.88. The van der Waals surface area contributed by atoms with Crippen molar-refractivity contribution >= 4 is 17.6 Å². The van der Waals surface area contributed by atoms with Gasteiger partial charge in [-0.3, -0.25) is 0 Å². The van der Waals surface area contributed by atoms with Crippen LogP contribution in [0.5, 0.6) is 5.75 Å². The van der Waals surface area contributed by atoms with Crippen molar-refractivity contribution in [2.75, 3.05) is 14.2 Å². The van der Waals surface area contributed by atoms with E-state index < -0.39 is 5.72 Å². The van der Waals surface area contributed by atoms with Crippen LogP contribution < -0.4 is 10.5 Å². The van der Waals surface area contributed by atoms with Gasteiger partial charge in [0.25, 0.3) is 0 Å². The standard InChI is InChI=1S/C22H26ClN3O3/c1-14(27-3)7-9-18-13-22(25-21(24)26(2)29-22)19-12-16(8-10-20(19)28-18)15-5-4-6-17(23)11-15/h4-6,8,10-12,14,18H,7,9,13H2,1-3H3,(H2,24,25)/t14?,18?,22-/m1/s1. The van der Waals surface area contributed by atoms with Gasteiger partial charge in [-0.2, -0.15) is 0 Å². The second kappa shape index (κ2) is 7.86. The van der Waals surface area contributed by atoms with E-state index in [0.29, 0.717) is 17.4 Å². The van der Waals surface area contributed by atoms with Crippen LogP contribution in [0.4, 0.5) is 0 Å². The molecule has 2 unspecified atom stereocenters. The molecule has 0 radical (unpaired) electrons. The van der Waals surface area contributed by atoms with Gasteiger partial charge in [0, 0.05) is 25.6 Å². The average molecular weight is 416 g/mol. The van der Waals surface area contributed by atoms with Crippen LogP contribution in [0.1, 0.15) is 31.7 Å². The number of halogens is 1. The number of rotatable bonds is 5. The SMILES string of the molecule is COC(C)CCC1C[C@]2(N=C(N)N(C)O2)c2cc(-c3cccc(Cl)c3)ccc2O1. The summed E-state index contributed by atoms with van der Waals surface area (Å²) in [6.07, 6.45) is 2.44. The Labute approximate surface area is 176 Å². The molecule has 2 aromatic carbocycles. The summed E-state index contributed by atoms with van der Waals surface area (Å²) in [6, 6.07) is 13.8. The third kappa shape index (κ3) is 3.92. The van der Waals surface area contributed by atoms with Gasteiger partial charge in [0.15, 0.2) is 0 Å². The highest BCUT2D eigenvalue weighted by Crippen LogP contribution is 2.47. The molecule has 2 N–H and O–H groups in total. The van der Waals surface area contributed by atoms with Crippen LogP contribution in [0, 0.1) is 0 Å². The largest absolute Gasteiger partial charge is 0.490 e. The lowest BCUT2D eigenvalue weighted by Gasteiger charge is -2.37. The van der Waals surface area contributed by atoms with Crippen LogP contribution in [0.25, 0.3) is 11.1 Å². The smallest absolute Gasteiger partial charge is 0.221 e. The van der Waals surface area contributed by atoms with Crippen molar-refractivity contribution in [1.82, 2.24) is 5.06 Å². The first-order valence-corrected chi connectivity index (χ1v) is 10.2. The molecule has 6 nitrogen and oxygen atoms in total. The van der Waals surface area contributed by atoms with E-state index in [9.17, 15) is 0 Å². The Balaban J connectivity index is 1.72. The molecule has 2 aromatic rings. The maximum atomic E-state index is 6.31. The van der Waals surface area contributed by atoms with Crippen molar-refractivity contribution in [2.45, 2.75) is 44.1 Å². The monoisotopic (exact) mass is 415 g/mol. The highest BCUT2D eigenvalue weighted by Gasteiger charge is 2.48. The molecule has 4 rings (SSSR count). The first-order chi connectivity index (χ1) is 13.9. The van der Waals surface area contributed by atoms with Gasteiger partial charge in [-0.1, -0.05) is 29.8 Å². The Hall–Kier alpha value is -2.28. The van der Waals surface area contributed by atoms with Crippen molar-refractivity contribution in [3.8, 4) is 16.9 Å². The number of nitrogens with zero attached hydrogens (tertiary/aromatic N) is 2. The predicted octanol–water partition coefficient (Wildman–Crippen LogP) is 4.32. The highest BCUT2D eigenvalue weighted by molar-refractivity contribution is 6.30. The van der Waals surface area contributed by atoms with Crippen LogP contribution in [0.2, 0.25) is 5.02 Å². The van der Waals surface area contributed by atoms with E-state index in [1.807, 2.05) is 36.4 Å². The third-order valence-corrected chi connectivity index (χ3v) is 5.79. The zero-order valence-corrected chi connectivity index (χ0v) is 17.6. The van der Waals surface area contributed by atoms with E-state index in [1.54, 1.807) is 14.2 Å². The zero-order valence-electron chi connectivity index (χ0n) is 16.9. The third-order valence-electron chi connectivity index (χ3n) is 5.56. The van der Waals surface area contributed by atoms with Crippen LogP contribution >= 0.6 is 11.6 Å². The van der Waals surface area contributed by atoms with Crippen molar-refractivity contribution in [3.63, 3.8) is 0 Å². The molecule has 1 spiro atoms. The second-order valence-electron chi connectivity index (χ2n) is 7.63. The molecule has 0 aromatic heterocycles. The average Bonchev–Trinajstić information content (AvgIpc) is 2.99. The van der Waals surface area contributed by atoms with Gasteiger partial charge in [0.05, 0.1) is 11.7 Å². The van der Waals surface area contributed by atoms with E-state index in [4.69, 9.17) is 36.6 Å². The molecule has 7 heteroatoms. The number of ether oxygens (including phenoxy) is 2. The fraction of sp³-hybridized carbons (Fsp3) is 0.409. The number of nitrogens with two attached hydrogens (primary N) is 1. The van der Waals surface area contributed by atoms with Crippen molar-refractivity contribution in [2.24, 2.45) is 10.7 Å². The Morgan fingerprint density at radius 1 is 1.31 bits per heavy atom. The Bertz CT molecular complexity index is 935. The Kier molecular flexibility index (Phi) is 5.42. The first-order valence-electron chi connectivity index (χ1n) is 9.78. The van der Waals surface area contributed by atoms with Gasteiger partial charge in [0.1, 0.15) is 11.9 Å². The molecular weight excluding hydrogens is 390 g/mol. The van der Waals surface area contributed by atoms with Crippen molar-refractivity contribution in [1.29, 1.82) is 0 Å². The number of hydrogen-bond acceptors (Lipinski definition) is 6. The lowest BCUT2D eigenvalue weighted by molar-refractivity contribution is -0.191. The number of benzene rings is 2. The molecule has 2 heterocycles. The molecule has 0 fully saturated rings. The lowest BCUT2D eigenvalue weighted by Crippen LogP contribution is -2.39. The number of hydroxylamine groups is 2. The molecular formula is C22H26ClN3O3. The summed E-state index contributed by atoms with van der Waals surface area (Å²) in [6.45, 7) is 2.06. The predicted molar refractivity (Wildman–Crippen MR) is 114 cm³/mol. The maximum absolute atomic E-state index is 6.31. The van der Waals surface area contributed by atoms with E-state index in [1.165, 1.54) is 5.06 Å². The van der Waals surface area contributed by atoms with E-state index >= 15 is 0 Å². The van der Waals surface area contributed by atoms with E-state index in [2.05, 4.69) is 13.0 Å². The molecule has 2 aliphatic heterocycles. The molecule has 0 aliphatic carbocycles. The topological polar surface area (TPSA) is 69.3 Å². The summed E-state index contributed by atoms with van der Waals surface area (Å²) in [5, 5.41) is 2.22. The Morgan fingerprint density at radius 3 is 2.79 bits per heavy atom. The minimum Gasteiger partial charge on any atom is -0.490 e. The molecule has 0 amide bonds. The van der Waals surface area contributed by atoms with Gasteiger partial charge < -0.3 is 15.2 Å².